The van der Waals surface area contributed by atoms with Gasteiger partial charge in [-0.05, 0) is 18.1 Å². The lowest BCUT2D eigenvalue weighted by atomic mass is 10.0. The van der Waals surface area contributed by atoms with Crippen LogP contribution in [0.5, 0.6) is 5.75 Å². The average molecular weight is 330 g/mol. The van der Waals surface area contributed by atoms with Crippen LogP contribution >= 0.6 is 11.8 Å². The highest BCUT2D eigenvalue weighted by Gasteiger charge is 2.21. The number of carbonyl (C=O) groups excluding carboxylic acids is 1. The SMILES string of the molecule is COc1ccccc1CC(CSC(=O)c1ccccc1)C(=O)O. The van der Waals surface area contributed by atoms with E-state index in [9.17, 15) is 14.7 Å². The van der Waals surface area contributed by atoms with Crippen LogP contribution in [0.4, 0.5) is 0 Å². The molecule has 0 aliphatic heterocycles. The number of carboxylic acid groups (broad SMARTS) is 1. The molecule has 4 nitrogen and oxygen atoms in total. The molecule has 1 unspecified atom stereocenters. The normalized spacial score (nSPS) is 11.7. The average Bonchev–Trinajstić information content (AvgIpc) is 2.59. The van der Waals surface area contributed by atoms with Gasteiger partial charge in [-0.25, -0.2) is 0 Å². The fourth-order valence-electron chi connectivity index (χ4n) is 2.19. The van der Waals surface area contributed by atoms with E-state index in [0.717, 1.165) is 17.3 Å². The van der Waals surface area contributed by atoms with Crippen molar-refractivity contribution in [2.45, 2.75) is 6.42 Å². The van der Waals surface area contributed by atoms with Crippen LogP contribution in [0, 0.1) is 5.92 Å². The molecule has 0 aliphatic rings. The number of benzene rings is 2. The highest BCUT2D eigenvalue weighted by Crippen LogP contribution is 2.24. The molecule has 0 radical (unpaired) electrons. The van der Waals surface area contributed by atoms with Gasteiger partial charge in [-0.15, -0.1) is 0 Å². The highest BCUT2D eigenvalue weighted by molar-refractivity contribution is 8.14. The standard InChI is InChI=1S/C18H18O4S/c1-22-16-10-6-5-9-14(16)11-15(17(19)20)12-23-18(21)13-7-3-2-4-8-13/h2-10,15H,11-12H2,1H3,(H,19,20). The lowest BCUT2D eigenvalue weighted by Gasteiger charge is -2.14. The number of carboxylic acids is 1. The molecule has 5 heteroatoms. The summed E-state index contributed by atoms with van der Waals surface area (Å²) in [6.45, 7) is 0. The third kappa shape index (κ3) is 4.86. The van der Waals surface area contributed by atoms with Crippen LogP contribution in [0.2, 0.25) is 0 Å². The summed E-state index contributed by atoms with van der Waals surface area (Å²) >= 11 is 1.04. The van der Waals surface area contributed by atoms with E-state index in [1.165, 1.54) is 0 Å². The van der Waals surface area contributed by atoms with Crippen molar-refractivity contribution in [3.05, 3.63) is 65.7 Å². The molecule has 2 rings (SSSR count). The second-order valence-corrected chi connectivity index (χ2v) is 6.01. The molecule has 0 saturated carbocycles. The summed E-state index contributed by atoms with van der Waals surface area (Å²) in [6.07, 6.45) is 0.328. The van der Waals surface area contributed by atoms with E-state index < -0.39 is 11.9 Å². The molecule has 0 spiro atoms. The van der Waals surface area contributed by atoms with Crippen molar-refractivity contribution in [1.82, 2.24) is 0 Å². The number of hydrogen-bond donors (Lipinski definition) is 1. The molecule has 120 valence electrons. The number of aliphatic carboxylic acids is 1. The second kappa shape index (κ2) is 8.39. The first kappa shape index (κ1) is 17.1. The van der Waals surface area contributed by atoms with Gasteiger partial charge in [0.05, 0.1) is 13.0 Å². The summed E-state index contributed by atoms with van der Waals surface area (Å²) in [5, 5.41) is 9.30. The predicted octanol–water partition coefficient (Wildman–Crippen LogP) is 3.51. The van der Waals surface area contributed by atoms with E-state index >= 15 is 0 Å². The van der Waals surface area contributed by atoms with Crippen molar-refractivity contribution in [1.29, 1.82) is 0 Å². The maximum Gasteiger partial charge on any atom is 0.307 e. The van der Waals surface area contributed by atoms with E-state index in [4.69, 9.17) is 4.74 Å². The van der Waals surface area contributed by atoms with Gasteiger partial charge >= 0.3 is 5.97 Å². The van der Waals surface area contributed by atoms with E-state index in [2.05, 4.69) is 0 Å². The highest BCUT2D eigenvalue weighted by atomic mass is 32.2. The summed E-state index contributed by atoms with van der Waals surface area (Å²) in [7, 11) is 1.56. The number of ether oxygens (including phenoxy) is 1. The zero-order chi connectivity index (χ0) is 16.7. The van der Waals surface area contributed by atoms with Crippen molar-refractivity contribution < 1.29 is 19.4 Å². The maximum absolute atomic E-state index is 12.1. The van der Waals surface area contributed by atoms with Crippen molar-refractivity contribution >= 4 is 22.8 Å². The number of hydrogen-bond acceptors (Lipinski definition) is 4. The van der Waals surface area contributed by atoms with Gasteiger partial charge in [0, 0.05) is 11.3 Å². The van der Waals surface area contributed by atoms with Gasteiger partial charge < -0.3 is 9.84 Å². The van der Waals surface area contributed by atoms with E-state index in [1.807, 2.05) is 24.3 Å². The number of para-hydroxylation sites is 1. The molecule has 0 saturated heterocycles. The van der Waals surface area contributed by atoms with Gasteiger partial charge in [0.25, 0.3) is 0 Å². The molecule has 23 heavy (non-hydrogen) atoms. The van der Waals surface area contributed by atoms with Gasteiger partial charge in [-0.1, -0.05) is 60.3 Å². The first-order valence-electron chi connectivity index (χ1n) is 7.18. The molecule has 0 fully saturated rings. The fraction of sp³-hybridized carbons (Fsp3) is 0.222. The molecule has 0 aliphatic carbocycles. The van der Waals surface area contributed by atoms with Gasteiger partial charge in [0.15, 0.2) is 0 Å². The molecular formula is C18H18O4S. The molecule has 0 amide bonds. The van der Waals surface area contributed by atoms with Crippen LogP contribution in [0.3, 0.4) is 0 Å². The van der Waals surface area contributed by atoms with Crippen LogP contribution in [-0.2, 0) is 11.2 Å². The minimum atomic E-state index is -0.913. The van der Waals surface area contributed by atoms with Gasteiger partial charge in [0.2, 0.25) is 5.12 Å². The van der Waals surface area contributed by atoms with Crippen LogP contribution in [0.25, 0.3) is 0 Å². The van der Waals surface area contributed by atoms with Crippen LogP contribution < -0.4 is 4.74 Å². The van der Waals surface area contributed by atoms with Crippen LogP contribution in [-0.4, -0.2) is 29.1 Å². The molecule has 2 aromatic rings. The largest absolute Gasteiger partial charge is 0.496 e. The Morgan fingerprint density at radius 3 is 2.39 bits per heavy atom. The Hall–Kier alpha value is -2.27. The summed E-state index contributed by atoms with van der Waals surface area (Å²) in [4.78, 5) is 23.6. The van der Waals surface area contributed by atoms with Crippen molar-refractivity contribution in [2.24, 2.45) is 5.92 Å². The zero-order valence-corrected chi connectivity index (χ0v) is 13.6. The van der Waals surface area contributed by atoms with E-state index in [1.54, 1.807) is 37.4 Å². The molecule has 0 bridgehead atoms. The minimum absolute atomic E-state index is 0.114. The molecule has 0 aromatic heterocycles. The first-order chi connectivity index (χ1) is 11.1. The topological polar surface area (TPSA) is 63.6 Å². The third-order valence-electron chi connectivity index (χ3n) is 3.43. The number of thioether (sulfide) groups is 1. The third-order valence-corrected chi connectivity index (χ3v) is 4.50. The Kier molecular flexibility index (Phi) is 6.23. The Morgan fingerprint density at radius 2 is 1.74 bits per heavy atom. The van der Waals surface area contributed by atoms with Crippen molar-refractivity contribution in [2.75, 3.05) is 12.9 Å². The molecule has 2 aromatic carbocycles. The Morgan fingerprint density at radius 1 is 1.09 bits per heavy atom. The van der Waals surface area contributed by atoms with Crippen molar-refractivity contribution in [3.8, 4) is 5.75 Å². The molecule has 1 atom stereocenters. The lowest BCUT2D eigenvalue weighted by molar-refractivity contribution is -0.140. The maximum atomic E-state index is 12.1. The smallest absolute Gasteiger partial charge is 0.307 e. The second-order valence-electron chi connectivity index (χ2n) is 5.02. The Labute approximate surface area is 139 Å². The zero-order valence-electron chi connectivity index (χ0n) is 12.8. The summed E-state index contributed by atoms with van der Waals surface area (Å²) in [5.41, 5.74) is 1.41. The Bertz CT molecular complexity index is 670. The van der Waals surface area contributed by atoms with E-state index in [0.29, 0.717) is 17.7 Å². The van der Waals surface area contributed by atoms with Gasteiger partial charge in [0.1, 0.15) is 5.75 Å². The summed E-state index contributed by atoms with van der Waals surface area (Å²) in [6, 6.07) is 16.2. The van der Waals surface area contributed by atoms with Crippen LogP contribution in [0.15, 0.2) is 54.6 Å². The number of rotatable bonds is 7. The van der Waals surface area contributed by atoms with Gasteiger partial charge in [-0.3, -0.25) is 9.59 Å². The molecular weight excluding hydrogens is 312 g/mol. The Balaban J connectivity index is 2.02. The number of carbonyl (C=O) groups is 2. The van der Waals surface area contributed by atoms with Gasteiger partial charge in [-0.2, -0.15) is 0 Å². The monoisotopic (exact) mass is 330 g/mol. The fourth-order valence-corrected chi connectivity index (χ4v) is 3.10. The molecule has 1 N–H and O–H groups in total. The quantitative estimate of drug-likeness (QED) is 0.841. The summed E-state index contributed by atoms with van der Waals surface area (Å²) < 4.78 is 5.25. The van der Waals surface area contributed by atoms with Crippen molar-refractivity contribution in [3.63, 3.8) is 0 Å². The first-order valence-corrected chi connectivity index (χ1v) is 8.17. The lowest BCUT2D eigenvalue weighted by Crippen LogP contribution is -2.20. The number of methoxy groups -OCH3 is 1. The van der Waals surface area contributed by atoms with Crippen LogP contribution in [0.1, 0.15) is 15.9 Å². The summed E-state index contributed by atoms with van der Waals surface area (Å²) in [5.74, 6) is -0.674. The van der Waals surface area contributed by atoms with E-state index in [-0.39, 0.29) is 10.9 Å². The molecule has 0 heterocycles. The minimum Gasteiger partial charge on any atom is -0.496 e. The predicted molar refractivity (Wildman–Crippen MR) is 91.1 cm³/mol.